The van der Waals surface area contributed by atoms with Crippen LogP contribution in [0.15, 0.2) is 30.6 Å². The molecule has 0 radical (unpaired) electrons. The number of likely N-dealkylation sites (tertiary alicyclic amines) is 1. The number of nitriles is 1. The minimum atomic E-state index is -4.81. The Morgan fingerprint density at radius 1 is 1.13 bits per heavy atom. The zero-order valence-corrected chi connectivity index (χ0v) is 22.2. The van der Waals surface area contributed by atoms with Crippen LogP contribution < -0.4 is 14.5 Å². The van der Waals surface area contributed by atoms with Gasteiger partial charge in [0.05, 0.1) is 29.3 Å². The van der Waals surface area contributed by atoms with Crippen LogP contribution >= 0.6 is 12.2 Å². The summed E-state index contributed by atoms with van der Waals surface area (Å²) in [6, 6.07) is 5.77. The molecule has 12 heteroatoms. The Bertz CT molecular complexity index is 1370. The maximum atomic E-state index is 13.6. The number of piperidine rings is 1. The highest BCUT2D eigenvalue weighted by Gasteiger charge is 2.60. The molecule has 39 heavy (non-hydrogen) atoms. The summed E-state index contributed by atoms with van der Waals surface area (Å²) in [4.78, 5) is 27.1. The standard InChI is InChI=1S/C27H27F3N6O2S/c1-34-11-6-19(13-25(34)7-2-8-25)38-22-5-4-17(15-33-22)36-24(39)35(23(37)26(36)9-3-10-26)18-12-20(27(28,29)30)21(14-31)32-16-18/h4-5,12,15-16,19H,2-3,6-11,13H2,1H3. The molecule has 0 bridgehead atoms. The largest absolute Gasteiger partial charge is 0.474 e. The third-order valence-electron chi connectivity index (χ3n) is 8.89. The quantitative estimate of drug-likeness (QED) is 0.496. The minimum Gasteiger partial charge on any atom is -0.474 e. The number of nitrogens with zero attached hydrogens (tertiary/aromatic N) is 6. The van der Waals surface area contributed by atoms with E-state index in [1.165, 1.54) is 25.3 Å². The number of thiocarbonyl (C=S) groups is 1. The van der Waals surface area contributed by atoms with Crippen LogP contribution in [-0.2, 0) is 11.0 Å². The smallest absolute Gasteiger partial charge is 0.419 e. The van der Waals surface area contributed by atoms with Crippen molar-refractivity contribution >= 4 is 34.6 Å². The topological polar surface area (TPSA) is 85.6 Å². The van der Waals surface area contributed by atoms with Gasteiger partial charge in [-0.2, -0.15) is 18.4 Å². The number of pyridine rings is 2. The normalized spacial score (nSPS) is 24.0. The molecule has 0 aromatic carbocycles. The van der Waals surface area contributed by atoms with E-state index in [1.807, 2.05) is 0 Å². The van der Waals surface area contributed by atoms with Crippen LogP contribution in [0.3, 0.4) is 0 Å². The Morgan fingerprint density at radius 3 is 2.41 bits per heavy atom. The number of anilines is 2. The number of hydrogen-bond donors (Lipinski definition) is 0. The zero-order valence-electron chi connectivity index (χ0n) is 21.4. The van der Waals surface area contributed by atoms with Crippen molar-refractivity contribution in [2.45, 2.75) is 74.7 Å². The number of carbonyl (C=O) groups is 1. The van der Waals surface area contributed by atoms with Gasteiger partial charge in [0.2, 0.25) is 5.88 Å². The van der Waals surface area contributed by atoms with Gasteiger partial charge < -0.3 is 14.5 Å². The molecule has 204 valence electrons. The highest BCUT2D eigenvalue weighted by atomic mass is 32.1. The van der Waals surface area contributed by atoms with Gasteiger partial charge in [0, 0.05) is 24.6 Å². The van der Waals surface area contributed by atoms with Gasteiger partial charge in [0.15, 0.2) is 10.8 Å². The van der Waals surface area contributed by atoms with Crippen LogP contribution in [0.4, 0.5) is 24.5 Å². The molecule has 1 amide bonds. The summed E-state index contributed by atoms with van der Waals surface area (Å²) in [6.07, 6.45) is 5.26. The fraction of sp³-hybridized carbons (Fsp3) is 0.519. The van der Waals surface area contributed by atoms with Gasteiger partial charge in [0.1, 0.15) is 17.7 Å². The van der Waals surface area contributed by atoms with Crippen molar-refractivity contribution in [3.63, 3.8) is 0 Å². The van der Waals surface area contributed by atoms with Crippen LogP contribution in [0.25, 0.3) is 0 Å². The van der Waals surface area contributed by atoms with E-state index >= 15 is 0 Å². The first-order valence-corrected chi connectivity index (χ1v) is 13.5. The first-order chi connectivity index (χ1) is 18.6. The Labute approximate surface area is 229 Å². The molecule has 2 aliphatic carbocycles. The van der Waals surface area contributed by atoms with Gasteiger partial charge in [-0.15, -0.1) is 0 Å². The van der Waals surface area contributed by atoms with E-state index in [1.54, 1.807) is 23.2 Å². The lowest BCUT2D eigenvalue weighted by Gasteiger charge is -2.53. The fourth-order valence-electron chi connectivity index (χ4n) is 6.36. The van der Waals surface area contributed by atoms with E-state index in [-0.39, 0.29) is 22.4 Å². The van der Waals surface area contributed by atoms with Crippen LogP contribution in [0.2, 0.25) is 0 Å². The van der Waals surface area contributed by atoms with E-state index in [0.29, 0.717) is 24.4 Å². The number of alkyl halides is 3. The number of rotatable bonds is 4. The number of halogens is 3. The van der Waals surface area contributed by atoms with Crippen LogP contribution in [0.1, 0.15) is 62.6 Å². The van der Waals surface area contributed by atoms with Crippen molar-refractivity contribution in [1.82, 2.24) is 14.9 Å². The lowest BCUT2D eigenvalue weighted by Crippen LogP contribution is -2.58. The first kappa shape index (κ1) is 26.0. The summed E-state index contributed by atoms with van der Waals surface area (Å²) in [5, 5.41) is 9.15. The molecule has 1 unspecified atom stereocenters. The number of hydrogen-bond acceptors (Lipinski definition) is 7. The molecule has 2 aromatic heterocycles. The van der Waals surface area contributed by atoms with E-state index in [9.17, 15) is 18.0 Å². The van der Waals surface area contributed by atoms with Gasteiger partial charge in [-0.3, -0.25) is 9.69 Å². The monoisotopic (exact) mass is 556 g/mol. The van der Waals surface area contributed by atoms with E-state index in [2.05, 4.69) is 21.9 Å². The molecule has 2 aliphatic heterocycles. The number of amides is 1. The Balaban J connectivity index is 1.26. The molecule has 4 aliphatic rings. The van der Waals surface area contributed by atoms with Crippen molar-refractivity contribution in [2.75, 3.05) is 23.4 Å². The van der Waals surface area contributed by atoms with Gasteiger partial charge in [-0.05, 0) is 76.3 Å². The average molecular weight is 557 g/mol. The lowest BCUT2D eigenvalue weighted by atomic mass is 9.69. The Kier molecular flexibility index (Phi) is 6.07. The summed E-state index contributed by atoms with van der Waals surface area (Å²) in [5.41, 5.74) is -2.27. The molecule has 8 nitrogen and oxygen atoms in total. The molecule has 1 atom stereocenters. The minimum absolute atomic E-state index is 0.0528. The summed E-state index contributed by atoms with van der Waals surface area (Å²) in [5.74, 6) is 0.0840. The molecule has 0 N–H and O–H groups in total. The van der Waals surface area contributed by atoms with Crippen LogP contribution in [0, 0.1) is 11.3 Å². The van der Waals surface area contributed by atoms with Gasteiger partial charge in [-0.25, -0.2) is 9.97 Å². The number of carbonyl (C=O) groups excluding carboxylic acids is 1. The van der Waals surface area contributed by atoms with Crippen molar-refractivity contribution in [1.29, 1.82) is 5.26 Å². The van der Waals surface area contributed by atoms with E-state index in [0.717, 1.165) is 43.0 Å². The second-order valence-electron chi connectivity index (χ2n) is 10.9. The first-order valence-electron chi connectivity index (χ1n) is 13.1. The van der Waals surface area contributed by atoms with Crippen molar-refractivity contribution in [2.24, 2.45) is 0 Å². The molecular weight excluding hydrogens is 529 g/mol. The highest BCUT2D eigenvalue weighted by molar-refractivity contribution is 7.81. The summed E-state index contributed by atoms with van der Waals surface area (Å²) in [7, 11) is 2.18. The lowest BCUT2D eigenvalue weighted by molar-refractivity contribution is -0.138. The number of ether oxygens (including phenoxy) is 1. The highest BCUT2D eigenvalue weighted by Crippen LogP contribution is 2.48. The maximum Gasteiger partial charge on any atom is 0.419 e. The van der Waals surface area contributed by atoms with Gasteiger partial charge in [-0.1, -0.05) is 0 Å². The van der Waals surface area contributed by atoms with Crippen LogP contribution in [-0.4, -0.2) is 56.7 Å². The molecule has 2 aromatic rings. The third-order valence-corrected chi connectivity index (χ3v) is 9.25. The number of aromatic nitrogens is 2. The van der Waals surface area contributed by atoms with Crippen molar-refractivity contribution < 1.29 is 22.7 Å². The summed E-state index contributed by atoms with van der Waals surface area (Å²) in [6.45, 7) is 0.978. The molecule has 4 heterocycles. The third kappa shape index (κ3) is 4.05. The predicted octanol–water partition coefficient (Wildman–Crippen LogP) is 4.82. The van der Waals surface area contributed by atoms with E-state index < -0.39 is 28.9 Å². The second-order valence-corrected chi connectivity index (χ2v) is 11.3. The average Bonchev–Trinajstić information content (AvgIpc) is 3.10. The summed E-state index contributed by atoms with van der Waals surface area (Å²) < 4.78 is 47.0. The molecule has 2 spiro atoms. The van der Waals surface area contributed by atoms with Crippen molar-refractivity contribution in [3.8, 4) is 11.9 Å². The van der Waals surface area contributed by atoms with Crippen LogP contribution in [0.5, 0.6) is 5.88 Å². The molecule has 6 rings (SSSR count). The van der Waals surface area contributed by atoms with Crippen molar-refractivity contribution in [3.05, 3.63) is 41.9 Å². The summed E-state index contributed by atoms with van der Waals surface area (Å²) >= 11 is 5.66. The molecular formula is C27H27F3N6O2S. The maximum absolute atomic E-state index is 13.6. The zero-order chi connectivity index (χ0) is 27.6. The molecule has 4 fully saturated rings. The molecule has 2 saturated heterocycles. The van der Waals surface area contributed by atoms with E-state index in [4.69, 9.17) is 22.2 Å². The SMILES string of the molecule is CN1CCC(Oc2ccc(N3C(=S)N(c4cnc(C#N)c(C(F)(F)F)c4)C(=O)C34CCC4)cn2)CC12CCC2. The Morgan fingerprint density at radius 2 is 1.85 bits per heavy atom. The molecule has 2 saturated carbocycles. The van der Waals surface area contributed by atoms with Gasteiger partial charge >= 0.3 is 6.18 Å². The fourth-order valence-corrected chi connectivity index (χ4v) is 6.83. The predicted molar refractivity (Wildman–Crippen MR) is 140 cm³/mol. The van der Waals surface area contributed by atoms with Gasteiger partial charge in [0.25, 0.3) is 5.91 Å². The Hall–Kier alpha value is -3.30. The second kappa shape index (κ2) is 9.13.